The van der Waals surface area contributed by atoms with Crippen LogP contribution in [0.15, 0.2) is 72.9 Å². The molecule has 3 aromatic carbocycles. The van der Waals surface area contributed by atoms with Gasteiger partial charge in [-0.05, 0) is 47.7 Å². The van der Waals surface area contributed by atoms with Crippen LogP contribution >= 0.6 is 0 Å². The average molecular weight is 409 g/mol. The Kier molecular flexibility index (Phi) is 5.86. The lowest BCUT2D eigenvalue weighted by Crippen LogP contribution is -2.13. The predicted octanol–water partition coefficient (Wildman–Crippen LogP) is 6.43. The molecule has 0 fully saturated rings. The number of rotatable bonds is 6. The molecule has 0 aliphatic heterocycles. The molecular formula is C27H24N2O2. The first kappa shape index (κ1) is 20.4. The van der Waals surface area contributed by atoms with E-state index in [4.69, 9.17) is 4.74 Å². The predicted molar refractivity (Wildman–Crippen MR) is 123 cm³/mol. The molecule has 0 aliphatic carbocycles. The van der Waals surface area contributed by atoms with Gasteiger partial charge in [0.1, 0.15) is 0 Å². The minimum absolute atomic E-state index is 0.00440. The van der Waals surface area contributed by atoms with Gasteiger partial charge >= 0.3 is 5.97 Å². The quantitative estimate of drug-likeness (QED) is 0.374. The van der Waals surface area contributed by atoms with E-state index >= 15 is 0 Å². The average Bonchev–Trinajstić information content (AvgIpc) is 3.23. The van der Waals surface area contributed by atoms with Crippen LogP contribution in [-0.2, 0) is 4.74 Å². The molecule has 1 heterocycles. The van der Waals surface area contributed by atoms with Crippen LogP contribution in [0.4, 0.5) is 0 Å². The minimum atomic E-state index is -0.304. The van der Waals surface area contributed by atoms with Crippen LogP contribution in [0.1, 0.15) is 53.2 Å². The molecule has 0 radical (unpaired) electrons. The van der Waals surface area contributed by atoms with Gasteiger partial charge < -0.3 is 9.72 Å². The van der Waals surface area contributed by atoms with Crippen molar-refractivity contribution in [1.29, 1.82) is 5.26 Å². The Morgan fingerprint density at radius 2 is 1.84 bits per heavy atom. The van der Waals surface area contributed by atoms with Gasteiger partial charge in [0.25, 0.3) is 0 Å². The zero-order chi connectivity index (χ0) is 21.8. The summed E-state index contributed by atoms with van der Waals surface area (Å²) in [5, 5.41) is 10.3. The fraction of sp³-hybridized carbons (Fsp3) is 0.185. The highest BCUT2D eigenvalue weighted by Gasteiger charge is 2.25. The molecule has 154 valence electrons. The van der Waals surface area contributed by atoms with Gasteiger partial charge in [0.05, 0.1) is 23.8 Å². The number of esters is 1. The first-order chi connectivity index (χ1) is 15.2. The number of ether oxygens (including phenoxy) is 1. The maximum Gasteiger partial charge on any atom is 0.339 e. The number of H-pyrrole nitrogens is 1. The molecule has 4 aromatic rings. The summed E-state index contributed by atoms with van der Waals surface area (Å²) in [7, 11) is 0. The molecule has 1 unspecified atom stereocenters. The number of carbonyl (C=O) groups excluding carboxylic acids is 1. The van der Waals surface area contributed by atoms with Gasteiger partial charge in [-0.25, -0.2) is 4.79 Å². The van der Waals surface area contributed by atoms with E-state index in [0.717, 1.165) is 39.6 Å². The van der Waals surface area contributed by atoms with Crippen LogP contribution < -0.4 is 0 Å². The second-order valence-corrected chi connectivity index (χ2v) is 7.43. The molecule has 4 nitrogen and oxygen atoms in total. The van der Waals surface area contributed by atoms with Gasteiger partial charge in [0, 0.05) is 23.0 Å². The van der Waals surface area contributed by atoms with Crippen LogP contribution in [-0.4, -0.2) is 17.6 Å². The highest BCUT2D eigenvalue weighted by atomic mass is 16.5. The maximum absolute atomic E-state index is 13.1. The number of nitriles is 1. The normalized spacial score (nSPS) is 11.8. The molecule has 0 spiro atoms. The van der Waals surface area contributed by atoms with E-state index in [9.17, 15) is 10.1 Å². The number of nitrogens with zero attached hydrogens (tertiary/aromatic N) is 1. The van der Waals surface area contributed by atoms with Gasteiger partial charge in [0.2, 0.25) is 0 Å². The summed E-state index contributed by atoms with van der Waals surface area (Å²) in [6, 6.07) is 23.8. The van der Waals surface area contributed by atoms with E-state index in [2.05, 4.69) is 18.0 Å². The monoisotopic (exact) mass is 408 g/mol. The summed E-state index contributed by atoms with van der Waals surface area (Å²) in [5.41, 5.74) is 6.08. The molecule has 1 N–H and O–H groups in total. The van der Waals surface area contributed by atoms with Crippen molar-refractivity contribution < 1.29 is 9.53 Å². The number of benzene rings is 3. The van der Waals surface area contributed by atoms with Crippen molar-refractivity contribution in [2.75, 3.05) is 6.61 Å². The third-order valence-corrected chi connectivity index (χ3v) is 5.66. The number of nitrogens with one attached hydrogen (secondary N) is 1. The first-order valence-corrected chi connectivity index (χ1v) is 10.5. The van der Waals surface area contributed by atoms with Crippen LogP contribution in [0.2, 0.25) is 0 Å². The molecule has 1 atom stereocenters. The lowest BCUT2D eigenvalue weighted by Gasteiger charge is -2.21. The van der Waals surface area contributed by atoms with Crippen molar-refractivity contribution in [2.45, 2.75) is 26.2 Å². The van der Waals surface area contributed by atoms with Crippen LogP contribution in [0.25, 0.3) is 22.0 Å². The van der Waals surface area contributed by atoms with Gasteiger partial charge in [-0.1, -0.05) is 61.5 Å². The van der Waals surface area contributed by atoms with Gasteiger partial charge in [0.15, 0.2) is 0 Å². The third kappa shape index (κ3) is 3.83. The van der Waals surface area contributed by atoms with Gasteiger partial charge in [-0.2, -0.15) is 5.26 Å². The van der Waals surface area contributed by atoms with Crippen LogP contribution in [0.5, 0.6) is 0 Å². The zero-order valence-corrected chi connectivity index (χ0v) is 17.7. The fourth-order valence-electron chi connectivity index (χ4n) is 4.26. The van der Waals surface area contributed by atoms with E-state index in [1.807, 2.05) is 79.9 Å². The SMILES string of the molecule is CCOC(=O)c1c(-c2ccccc2)cccc1C(CC)c1c[nH]c2cc(C#N)ccc12. The largest absolute Gasteiger partial charge is 0.462 e. The summed E-state index contributed by atoms with van der Waals surface area (Å²) in [5.74, 6) is -0.299. The Morgan fingerprint density at radius 3 is 2.55 bits per heavy atom. The molecule has 0 saturated carbocycles. The zero-order valence-electron chi connectivity index (χ0n) is 17.7. The second-order valence-electron chi connectivity index (χ2n) is 7.43. The Bertz CT molecular complexity index is 1270. The highest BCUT2D eigenvalue weighted by Crippen LogP contribution is 2.38. The minimum Gasteiger partial charge on any atom is -0.462 e. The fourth-order valence-corrected chi connectivity index (χ4v) is 4.26. The summed E-state index contributed by atoms with van der Waals surface area (Å²) in [6.45, 7) is 4.27. The lowest BCUT2D eigenvalue weighted by molar-refractivity contribution is 0.0525. The summed E-state index contributed by atoms with van der Waals surface area (Å²) in [6.07, 6.45) is 2.81. The molecule has 0 aliphatic rings. The number of hydrogen-bond donors (Lipinski definition) is 1. The van der Waals surface area contributed by atoms with Gasteiger partial charge in [-0.15, -0.1) is 0 Å². The van der Waals surface area contributed by atoms with Gasteiger partial charge in [-0.3, -0.25) is 0 Å². The number of aromatic amines is 1. The van der Waals surface area contributed by atoms with Crippen molar-refractivity contribution in [3.63, 3.8) is 0 Å². The van der Waals surface area contributed by atoms with E-state index in [0.29, 0.717) is 17.7 Å². The highest BCUT2D eigenvalue weighted by molar-refractivity contribution is 5.99. The lowest BCUT2D eigenvalue weighted by atomic mass is 9.83. The third-order valence-electron chi connectivity index (χ3n) is 5.66. The maximum atomic E-state index is 13.1. The van der Waals surface area contributed by atoms with E-state index in [-0.39, 0.29) is 11.9 Å². The molecular weight excluding hydrogens is 384 g/mol. The van der Waals surface area contributed by atoms with Crippen molar-refractivity contribution in [1.82, 2.24) is 4.98 Å². The van der Waals surface area contributed by atoms with Crippen molar-refractivity contribution >= 4 is 16.9 Å². The summed E-state index contributed by atoms with van der Waals surface area (Å²) >= 11 is 0. The molecule has 31 heavy (non-hydrogen) atoms. The number of hydrogen-bond acceptors (Lipinski definition) is 3. The summed E-state index contributed by atoms with van der Waals surface area (Å²) < 4.78 is 5.48. The number of carbonyl (C=O) groups is 1. The van der Waals surface area contributed by atoms with Crippen molar-refractivity contribution in [3.05, 3.63) is 95.2 Å². The van der Waals surface area contributed by atoms with E-state index in [1.165, 1.54) is 0 Å². The number of fused-ring (bicyclic) bond motifs is 1. The molecule has 4 heteroatoms. The Hall–Kier alpha value is -3.84. The topological polar surface area (TPSA) is 65.9 Å². The van der Waals surface area contributed by atoms with E-state index in [1.54, 1.807) is 0 Å². The molecule has 4 rings (SSSR count). The Labute approximate surface area is 182 Å². The van der Waals surface area contributed by atoms with Crippen LogP contribution in [0, 0.1) is 11.3 Å². The molecule has 0 bridgehead atoms. The number of aromatic nitrogens is 1. The standard InChI is InChI=1S/C27H24N2O2/c1-3-20(24-17-29-25-15-18(16-28)13-14-22(24)25)23-12-8-11-21(19-9-6-5-7-10-19)26(23)27(30)31-4-2/h5-15,17,20,29H,3-4H2,1-2H3. The summed E-state index contributed by atoms with van der Waals surface area (Å²) in [4.78, 5) is 16.4. The van der Waals surface area contributed by atoms with Crippen LogP contribution in [0.3, 0.4) is 0 Å². The molecule has 0 saturated heterocycles. The Morgan fingerprint density at radius 1 is 1.03 bits per heavy atom. The Balaban J connectivity index is 1.92. The molecule has 1 aromatic heterocycles. The molecule has 0 amide bonds. The second kappa shape index (κ2) is 8.89. The first-order valence-electron chi connectivity index (χ1n) is 10.5. The smallest absolute Gasteiger partial charge is 0.339 e. The van der Waals surface area contributed by atoms with Crippen molar-refractivity contribution in [2.24, 2.45) is 0 Å². The van der Waals surface area contributed by atoms with E-state index < -0.39 is 0 Å². The van der Waals surface area contributed by atoms with Crippen molar-refractivity contribution in [3.8, 4) is 17.2 Å².